The summed E-state index contributed by atoms with van der Waals surface area (Å²) in [5.41, 5.74) is 1.85. The van der Waals surface area contributed by atoms with E-state index in [1.165, 1.54) is 11.1 Å². The molecule has 1 saturated carbocycles. The standard InChI is InChI=1S/C23H30N2O2.2ClH/c26-23(11-4-12-23)22(17-25-15-13-24-14-16-25)20-7-9-21(10-8-20)27-18-19-5-2-1-3-6-19;;/h1-3,5-10,22,24,26H,4,11-18H2;2*1H. The van der Waals surface area contributed by atoms with Gasteiger partial charge in [0, 0.05) is 38.6 Å². The van der Waals surface area contributed by atoms with Gasteiger partial charge in [0.15, 0.2) is 0 Å². The minimum Gasteiger partial charge on any atom is -0.489 e. The molecule has 0 amide bonds. The van der Waals surface area contributed by atoms with Gasteiger partial charge in [-0.3, -0.25) is 0 Å². The van der Waals surface area contributed by atoms with Crippen molar-refractivity contribution in [2.45, 2.75) is 37.4 Å². The van der Waals surface area contributed by atoms with E-state index in [0.29, 0.717) is 6.61 Å². The zero-order valence-electron chi connectivity index (χ0n) is 16.8. The molecule has 1 aliphatic heterocycles. The first-order chi connectivity index (χ1) is 13.2. The van der Waals surface area contributed by atoms with Crippen molar-refractivity contribution in [1.29, 1.82) is 0 Å². The van der Waals surface area contributed by atoms with Gasteiger partial charge in [0.25, 0.3) is 0 Å². The van der Waals surface area contributed by atoms with Crippen molar-refractivity contribution in [3.05, 3.63) is 65.7 Å². The number of benzene rings is 2. The first kappa shape index (κ1) is 24.0. The Bertz CT molecular complexity index is 717. The van der Waals surface area contributed by atoms with E-state index < -0.39 is 5.60 Å². The van der Waals surface area contributed by atoms with Crippen LogP contribution in [0.1, 0.15) is 36.3 Å². The smallest absolute Gasteiger partial charge is 0.119 e. The van der Waals surface area contributed by atoms with Gasteiger partial charge in [-0.15, -0.1) is 24.8 Å². The van der Waals surface area contributed by atoms with E-state index in [0.717, 1.165) is 57.7 Å². The highest BCUT2D eigenvalue weighted by Crippen LogP contribution is 2.44. The van der Waals surface area contributed by atoms with E-state index in [-0.39, 0.29) is 30.7 Å². The molecule has 0 bridgehead atoms. The first-order valence-corrected chi connectivity index (χ1v) is 10.2. The van der Waals surface area contributed by atoms with Crippen molar-refractivity contribution in [2.75, 3.05) is 32.7 Å². The summed E-state index contributed by atoms with van der Waals surface area (Å²) in [6, 6.07) is 18.6. The molecule has 29 heavy (non-hydrogen) atoms. The molecule has 0 spiro atoms. The van der Waals surface area contributed by atoms with Crippen molar-refractivity contribution >= 4 is 24.8 Å². The van der Waals surface area contributed by atoms with Crippen LogP contribution in [0.15, 0.2) is 54.6 Å². The number of piperazine rings is 1. The highest BCUT2D eigenvalue weighted by molar-refractivity contribution is 5.85. The van der Waals surface area contributed by atoms with Crippen molar-refractivity contribution in [1.82, 2.24) is 10.2 Å². The molecule has 1 heterocycles. The van der Waals surface area contributed by atoms with Crippen LogP contribution in [-0.4, -0.2) is 48.3 Å². The van der Waals surface area contributed by atoms with Crippen LogP contribution in [0.5, 0.6) is 5.75 Å². The average molecular weight is 439 g/mol. The lowest BCUT2D eigenvalue weighted by Crippen LogP contribution is -2.51. The maximum absolute atomic E-state index is 11.1. The molecule has 160 valence electrons. The summed E-state index contributed by atoms with van der Waals surface area (Å²) in [6.45, 7) is 5.71. The average Bonchev–Trinajstić information content (AvgIpc) is 2.71. The van der Waals surface area contributed by atoms with Gasteiger partial charge in [-0.05, 0) is 42.5 Å². The van der Waals surface area contributed by atoms with Gasteiger partial charge in [0.1, 0.15) is 12.4 Å². The van der Waals surface area contributed by atoms with Crippen LogP contribution < -0.4 is 10.1 Å². The third kappa shape index (κ3) is 6.09. The lowest BCUT2D eigenvalue weighted by molar-refractivity contribution is -0.0652. The molecule has 4 nitrogen and oxygen atoms in total. The van der Waals surface area contributed by atoms with Crippen LogP contribution in [0.25, 0.3) is 0 Å². The van der Waals surface area contributed by atoms with Crippen molar-refractivity contribution in [2.24, 2.45) is 0 Å². The maximum atomic E-state index is 11.1. The van der Waals surface area contributed by atoms with Crippen LogP contribution in [0.2, 0.25) is 0 Å². The highest BCUT2D eigenvalue weighted by Gasteiger charge is 2.43. The Balaban J connectivity index is 0.00000150. The minimum absolute atomic E-state index is 0. The normalized spacial score (nSPS) is 19.2. The van der Waals surface area contributed by atoms with E-state index >= 15 is 0 Å². The molecule has 0 aromatic heterocycles. The quantitative estimate of drug-likeness (QED) is 0.684. The molecule has 2 aromatic rings. The summed E-state index contributed by atoms with van der Waals surface area (Å²) in [4.78, 5) is 2.48. The SMILES string of the molecule is Cl.Cl.OC1(C(CN2CCNCC2)c2ccc(OCc3ccccc3)cc2)CCC1. The number of hydrogen-bond donors (Lipinski definition) is 2. The van der Waals surface area contributed by atoms with Gasteiger partial charge in [0.05, 0.1) is 5.60 Å². The first-order valence-electron chi connectivity index (χ1n) is 10.2. The Labute approximate surface area is 186 Å². The van der Waals surface area contributed by atoms with Crippen LogP contribution in [-0.2, 0) is 6.61 Å². The van der Waals surface area contributed by atoms with E-state index in [1.807, 2.05) is 30.3 Å². The van der Waals surface area contributed by atoms with Gasteiger partial charge < -0.3 is 20.1 Å². The summed E-state index contributed by atoms with van der Waals surface area (Å²) in [5.74, 6) is 1.05. The summed E-state index contributed by atoms with van der Waals surface area (Å²) in [6.07, 6.45) is 2.96. The topological polar surface area (TPSA) is 44.7 Å². The Kier molecular flexibility index (Phi) is 9.25. The molecule has 6 heteroatoms. The van der Waals surface area contributed by atoms with Crippen LogP contribution in [0.3, 0.4) is 0 Å². The fourth-order valence-electron chi connectivity index (χ4n) is 4.16. The number of hydrogen-bond acceptors (Lipinski definition) is 4. The zero-order chi connectivity index (χ0) is 18.5. The number of aliphatic hydroxyl groups is 1. The Morgan fingerprint density at radius 3 is 2.21 bits per heavy atom. The highest BCUT2D eigenvalue weighted by atomic mass is 35.5. The number of halogens is 2. The zero-order valence-corrected chi connectivity index (χ0v) is 18.4. The van der Waals surface area contributed by atoms with Crippen LogP contribution in [0, 0.1) is 0 Å². The molecule has 4 rings (SSSR count). The van der Waals surface area contributed by atoms with Crippen molar-refractivity contribution < 1.29 is 9.84 Å². The fraction of sp³-hybridized carbons (Fsp3) is 0.478. The predicted molar refractivity (Wildman–Crippen MR) is 123 cm³/mol. The molecule has 1 unspecified atom stereocenters. The molecule has 1 atom stereocenters. The number of ether oxygens (including phenoxy) is 1. The molecule has 2 fully saturated rings. The number of nitrogens with zero attached hydrogens (tertiary/aromatic N) is 1. The largest absolute Gasteiger partial charge is 0.489 e. The molecular formula is C23H32Cl2N2O2. The second-order valence-electron chi connectivity index (χ2n) is 7.90. The van der Waals surface area contributed by atoms with E-state index in [4.69, 9.17) is 4.74 Å². The lowest BCUT2D eigenvalue weighted by Gasteiger charge is -2.46. The van der Waals surface area contributed by atoms with E-state index in [9.17, 15) is 5.11 Å². The van der Waals surface area contributed by atoms with Gasteiger partial charge in [-0.1, -0.05) is 42.5 Å². The summed E-state index contributed by atoms with van der Waals surface area (Å²) >= 11 is 0. The molecule has 0 radical (unpaired) electrons. The van der Waals surface area contributed by atoms with Crippen LogP contribution in [0.4, 0.5) is 0 Å². The Hall–Kier alpha value is -1.30. The van der Waals surface area contributed by atoms with E-state index in [2.05, 4.69) is 34.5 Å². The maximum Gasteiger partial charge on any atom is 0.119 e. The molecule has 2 aliphatic rings. The van der Waals surface area contributed by atoms with Crippen molar-refractivity contribution in [3.63, 3.8) is 0 Å². The predicted octanol–water partition coefficient (Wildman–Crippen LogP) is 4.01. The summed E-state index contributed by atoms with van der Waals surface area (Å²) in [5, 5.41) is 14.5. The molecular weight excluding hydrogens is 407 g/mol. The van der Waals surface area contributed by atoms with Gasteiger partial charge in [-0.2, -0.15) is 0 Å². The number of rotatable bonds is 7. The second kappa shape index (κ2) is 11.2. The Morgan fingerprint density at radius 2 is 1.62 bits per heavy atom. The van der Waals surface area contributed by atoms with Crippen LogP contribution >= 0.6 is 24.8 Å². The second-order valence-corrected chi connectivity index (χ2v) is 7.90. The third-order valence-electron chi connectivity index (χ3n) is 6.05. The molecule has 2 N–H and O–H groups in total. The molecule has 2 aromatic carbocycles. The summed E-state index contributed by atoms with van der Waals surface area (Å²) < 4.78 is 5.92. The van der Waals surface area contributed by atoms with Crippen molar-refractivity contribution in [3.8, 4) is 5.75 Å². The minimum atomic E-state index is -0.544. The third-order valence-corrected chi connectivity index (χ3v) is 6.05. The van der Waals surface area contributed by atoms with Gasteiger partial charge in [-0.25, -0.2) is 0 Å². The molecule has 1 saturated heterocycles. The van der Waals surface area contributed by atoms with Gasteiger partial charge in [0.2, 0.25) is 0 Å². The Morgan fingerprint density at radius 1 is 0.966 bits per heavy atom. The summed E-state index contributed by atoms with van der Waals surface area (Å²) in [7, 11) is 0. The monoisotopic (exact) mass is 438 g/mol. The van der Waals surface area contributed by atoms with Gasteiger partial charge >= 0.3 is 0 Å². The lowest BCUT2D eigenvalue weighted by atomic mass is 9.68. The number of nitrogens with one attached hydrogen (secondary N) is 1. The fourth-order valence-corrected chi connectivity index (χ4v) is 4.16. The van der Waals surface area contributed by atoms with E-state index in [1.54, 1.807) is 0 Å². The molecule has 1 aliphatic carbocycles.